The minimum atomic E-state index is 0.101. The molecule has 4 nitrogen and oxygen atoms in total. The van der Waals surface area contributed by atoms with E-state index in [-0.39, 0.29) is 6.04 Å². The smallest absolute Gasteiger partial charge is 0.111 e. The Morgan fingerprint density at radius 2 is 1.95 bits per heavy atom. The Morgan fingerprint density at radius 1 is 1.29 bits per heavy atom. The van der Waals surface area contributed by atoms with Crippen LogP contribution in [0.25, 0.3) is 11.0 Å². The Kier molecular flexibility index (Phi) is 5.73. The van der Waals surface area contributed by atoms with Gasteiger partial charge in [0.2, 0.25) is 0 Å². The Balaban J connectivity index is 2.36. The van der Waals surface area contributed by atoms with Gasteiger partial charge in [-0.15, -0.1) is 23.2 Å². The highest BCUT2D eigenvalue weighted by molar-refractivity contribution is 6.18. The summed E-state index contributed by atoms with van der Waals surface area (Å²) in [4.78, 5) is 6.89. The fourth-order valence-electron chi connectivity index (χ4n) is 2.48. The van der Waals surface area contributed by atoms with Crippen molar-refractivity contribution < 1.29 is 0 Å². The average molecular weight is 329 g/mol. The quantitative estimate of drug-likeness (QED) is 0.795. The van der Waals surface area contributed by atoms with Crippen LogP contribution in [-0.2, 0) is 13.5 Å². The molecule has 1 atom stereocenters. The Morgan fingerprint density at radius 3 is 2.52 bits per heavy atom. The lowest BCUT2D eigenvalue weighted by atomic mass is 10.2. The first-order valence-corrected chi connectivity index (χ1v) is 8.21. The second-order valence-corrected chi connectivity index (χ2v) is 6.06. The van der Waals surface area contributed by atoms with Gasteiger partial charge in [-0.2, -0.15) is 0 Å². The van der Waals surface area contributed by atoms with Crippen molar-refractivity contribution in [2.75, 3.05) is 29.7 Å². The highest BCUT2D eigenvalue weighted by Gasteiger charge is 2.12. The molecule has 21 heavy (non-hydrogen) atoms. The number of hydrogen-bond donors (Lipinski definition) is 1. The van der Waals surface area contributed by atoms with E-state index in [1.165, 1.54) is 0 Å². The van der Waals surface area contributed by atoms with Crippen molar-refractivity contribution in [1.29, 1.82) is 0 Å². The molecule has 0 saturated carbocycles. The van der Waals surface area contributed by atoms with Gasteiger partial charge in [0.15, 0.2) is 0 Å². The van der Waals surface area contributed by atoms with E-state index in [2.05, 4.69) is 27.7 Å². The van der Waals surface area contributed by atoms with E-state index in [9.17, 15) is 0 Å². The number of rotatable bonds is 7. The third-order valence-corrected chi connectivity index (χ3v) is 3.87. The molecular weight excluding hydrogens is 307 g/mol. The summed E-state index contributed by atoms with van der Waals surface area (Å²) in [6.45, 7) is 3.55. The first-order valence-electron chi connectivity index (χ1n) is 7.14. The van der Waals surface area contributed by atoms with Gasteiger partial charge in [-0.05, 0) is 25.1 Å². The summed E-state index contributed by atoms with van der Waals surface area (Å²) in [6.07, 6.45) is 0.771. The molecule has 0 aliphatic rings. The molecule has 6 heteroatoms. The maximum absolute atomic E-state index is 5.88. The molecule has 0 saturated heterocycles. The highest BCUT2D eigenvalue weighted by atomic mass is 35.5. The van der Waals surface area contributed by atoms with Crippen LogP contribution < -0.4 is 10.6 Å². The third kappa shape index (κ3) is 3.82. The number of fused-ring (bicyclic) bond motifs is 1. The van der Waals surface area contributed by atoms with E-state index in [0.29, 0.717) is 11.8 Å². The molecule has 1 aromatic heterocycles. The Bertz CT molecular complexity index is 589. The van der Waals surface area contributed by atoms with E-state index in [4.69, 9.17) is 33.9 Å². The first-order chi connectivity index (χ1) is 10.1. The van der Waals surface area contributed by atoms with Gasteiger partial charge in [-0.1, -0.05) is 0 Å². The van der Waals surface area contributed by atoms with E-state index in [1.807, 2.05) is 14.0 Å². The van der Waals surface area contributed by atoms with Crippen LogP contribution in [0.5, 0.6) is 0 Å². The van der Waals surface area contributed by atoms with Crippen molar-refractivity contribution in [2.24, 2.45) is 12.8 Å². The average Bonchev–Trinajstić information content (AvgIpc) is 2.74. The van der Waals surface area contributed by atoms with Crippen LogP contribution in [0.1, 0.15) is 12.7 Å². The van der Waals surface area contributed by atoms with Crippen molar-refractivity contribution in [3.8, 4) is 0 Å². The van der Waals surface area contributed by atoms with Crippen molar-refractivity contribution in [3.05, 3.63) is 24.0 Å². The lowest BCUT2D eigenvalue weighted by molar-refractivity contribution is 0.678. The summed E-state index contributed by atoms with van der Waals surface area (Å²) in [5, 5.41) is 0. The lowest BCUT2D eigenvalue weighted by Gasteiger charge is -2.22. The molecule has 1 aromatic carbocycles. The van der Waals surface area contributed by atoms with E-state index >= 15 is 0 Å². The second kappa shape index (κ2) is 7.34. The monoisotopic (exact) mass is 328 g/mol. The van der Waals surface area contributed by atoms with Crippen molar-refractivity contribution in [2.45, 2.75) is 19.4 Å². The Labute approximate surface area is 135 Å². The minimum absolute atomic E-state index is 0.101. The zero-order valence-electron chi connectivity index (χ0n) is 12.5. The number of imidazole rings is 1. The summed E-state index contributed by atoms with van der Waals surface area (Å²) in [6, 6.07) is 6.39. The lowest BCUT2D eigenvalue weighted by Crippen LogP contribution is -2.27. The van der Waals surface area contributed by atoms with Crippen LogP contribution in [-0.4, -0.2) is 40.4 Å². The summed E-state index contributed by atoms with van der Waals surface area (Å²) in [7, 11) is 2.03. The maximum Gasteiger partial charge on any atom is 0.111 e. The molecule has 0 amide bonds. The maximum atomic E-state index is 5.88. The third-order valence-electron chi connectivity index (χ3n) is 3.54. The van der Waals surface area contributed by atoms with Gasteiger partial charge in [0.25, 0.3) is 0 Å². The molecule has 1 heterocycles. The van der Waals surface area contributed by atoms with Gasteiger partial charge >= 0.3 is 0 Å². The molecule has 116 valence electrons. The molecule has 2 rings (SSSR count). The molecule has 0 aliphatic heterocycles. The predicted molar refractivity (Wildman–Crippen MR) is 91.7 cm³/mol. The molecule has 2 aromatic rings. The topological polar surface area (TPSA) is 47.1 Å². The number of hydrogen-bond acceptors (Lipinski definition) is 3. The number of nitrogens with zero attached hydrogens (tertiary/aromatic N) is 3. The number of alkyl halides is 2. The van der Waals surface area contributed by atoms with Crippen molar-refractivity contribution >= 4 is 39.9 Å². The highest BCUT2D eigenvalue weighted by Crippen LogP contribution is 2.23. The summed E-state index contributed by atoms with van der Waals surface area (Å²) in [5.74, 6) is 2.17. The molecule has 1 unspecified atom stereocenters. The predicted octanol–water partition coefficient (Wildman–Crippen LogP) is 2.75. The molecule has 0 spiro atoms. The molecular formula is C15H22Cl2N4. The fourth-order valence-corrected chi connectivity index (χ4v) is 2.89. The molecule has 0 radical (unpaired) electrons. The number of benzene rings is 1. The number of anilines is 1. The second-order valence-electron chi connectivity index (χ2n) is 5.31. The standard InChI is InChI=1S/C15H22Cl2N4/c1-11(18)9-15-19-13-10-12(3-4-14(13)20(15)2)21(7-5-16)8-6-17/h3-4,10-11H,5-9,18H2,1-2H3. The number of aryl methyl sites for hydroxylation is 1. The first kappa shape index (κ1) is 16.4. The molecule has 0 bridgehead atoms. The van der Waals surface area contributed by atoms with Crippen LogP contribution in [0.15, 0.2) is 18.2 Å². The van der Waals surface area contributed by atoms with E-state index in [0.717, 1.165) is 42.1 Å². The summed E-state index contributed by atoms with van der Waals surface area (Å²) >= 11 is 11.7. The van der Waals surface area contributed by atoms with Crippen LogP contribution in [0, 0.1) is 0 Å². The van der Waals surface area contributed by atoms with E-state index in [1.54, 1.807) is 0 Å². The SMILES string of the molecule is CC(N)Cc1nc2cc(N(CCCl)CCCl)ccc2n1C. The van der Waals surface area contributed by atoms with Gasteiger partial charge in [0.05, 0.1) is 11.0 Å². The van der Waals surface area contributed by atoms with Gasteiger partial charge in [-0.3, -0.25) is 0 Å². The largest absolute Gasteiger partial charge is 0.369 e. The normalized spacial score (nSPS) is 12.8. The van der Waals surface area contributed by atoms with Crippen LogP contribution >= 0.6 is 23.2 Å². The molecule has 0 aliphatic carbocycles. The van der Waals surface area contributed by atoms with Gasteiger partial charge in [0, 0.05) is 50.0 Å². The number of aromatic nitrogens is 2. The minimum Gasteiger partial charge on any atom is -0.369 e. The van der Waals surface area contributed by atoms with Crippen molar-refractivity contribution in [3.63, 3.8) is 0 Å². The van der Waals surface area contributed by atoms with Gasteiger partial charge < -0.3 is 15.2 Å². The van der Waals surface area contributed by atoms with Crippen molar-refractivity contribution in [1.82, 2.24) is 9.55 Å². The van der Waals surface area contributed by atoms with E-state index < -0.39 is 0 Å². The summed E-state index contributed by atoms with van der Waals surface area (Å²) < 4.78 is 2.11. The molecule has 0 fully saturated rings. The summed E-state index contributed by atoms with van der Waals surface area (Å²) in [5.41, 5.74) is 9.09. The number of nitrogens with two attached hydrogens (primary N) is 1. The molecule has 2 N–H and O–H groups in total. The Hall–Kier alpha value is -0.970. The number of halogens is 2. The zero-order valence-corrected chi connectivity index (χ0v) is 14.0. The fraction of sp³-hybridized carbons (Fsp3) is 0.533. The van der Waals surface area contributed by atoms with Crippen LogP contribution in [0.4, 0.5) is 5.69 Å². The van der Waals surface area contributed by atoms with Gasteiger partial charge in [0.1, 0.15) is 5.82 Å². The zero-order chi connectivity index (χ0) is 15.4. The van der Waals surface area contributed by atoms with Crippen LogP contribution in [0.2, 0.25) is 0 Å². The van der Waals surface area contributed by atoms with Crippen LogP contribution in [0.3, 0.4) is 0 Å². The van der Waals surface area contributed by atoms with Gasteiger partial charge in [-0.25, -0.2) is 4.98 Å².